The summed E-state index contributed by atoms with van der Waals surface area (Å²) >= 11 is 0. The van der Waals surface area contributed by atoms with Gasteiger partial charge in [0, 0.05) is 25.2 Å². The lowest BCUT2D eigenvalue weighted by molar-refractivity contribution is 0.0795. The van der Waals surface area contributed by atoms with E-state index in [-0.39, 0.29) is 5.56 Å². The molecule has 0 unspecified atom stereocenters. The van der Waals surface area contributed by atoms with E-state index in [0.29, 0.717) is 24.5 Å². The number of nitrogens with zero attached hydrogens (tertiary/aromatic N) is 1. The molecule has 0 heterocycles. The molecule has 2 rings (SSSR count). The van der Waals surface area contributed by atoms with Crippen LogP contribution in [0, 0.1) is 11.6 Å². The smallest absolute Gasteiger partial charge is 0.253 e. The van der Waals surface area contributed by atoms with Crippen LogP contribution in [0.3, 0.4) is 0 Å². The van der Waals surface area contributed by atoms with Gasteiger partial charge in [-0.15, -0.1) is 0 Å². The molecule has 24 heavy (non-hydrogen) atoms. The van der Waals surface area contributed by atoms with Gasteiger partial charge in [-0.2, -0.15) is 0 Å². The van der Waals surface area contributed by atoms with E-state index in [1.165, 1.54) is 4.90 Å². The van der Waals surface area contributed by atoms with Crippen molar-refractivity contribution in [3.63, 3.8) is 0 Å². The monoisotopic (exact) mass is 335 g/mol. The van der Waals surface area contributed by atoms with Crippen LogP contribution in [0.1, 0.15) is 15.9 Å². The van der Waals surface area contributed by atoms with Crippen LogP contribution in [0.25, 0.3) is 0 Å². The van der Waals surface area contributed by atoms with Crippen molar-refractivity contribution in [2.24, 2.45) is 0 Å². The average molecular weight is 335 g/mol. The largest absolute Gasteiger partial charge is 0.493 e. The average Bonchev–Trinajstić information content (AvgIpc) is 2.57. The van der Waals surface area contributed by atoms with Gasteiger partial charge in [-0.3, -0.25) is 4.79 Å². The summed E-state index contributed by atoms with van der Waals surface area (Å²) < 4.78 is 36.9. The fraction of sp³-hybridized carbons (Fsp3) is 0.278. The van der Waals surface area contributed by atoms with Crippen LogP contribution in [0.4, 0.5) is 8.78 Å². The minimum atomic E-state index is -0.772. The molecule has 0 atom stereocenters. The number of hydrogen-bond acceptors (Lipinski definition) is 3. The molecule has 0 aliphatic rings. The van der Waals surface area contributed by atoms with E-state index in [1.54, 1.807) is 27.3 Å². The highest BCUT2D eigenvalue weighted by atomic mass is 19.1. The van der Waals surface area contributed by atoms with E-state index in [1.807, 2.05) is 12.1 Å². The van der Waals surface area contributed by atoms with Crippen LogP contribution in [0.5, 0.6) is 11.5 Å². The van der Waals surface area contributed by atoms with Crippen LogP contribution in [-0.2, 0) is 6.42 Å². The Morgan fingerprint density at radius 2 is 1.62 bits per heavy atom. The molecule has 0 N–H and O–H groups in total. The molecular formula is C18H19F2NO3. The summed E-state index contributed by atoms with van der Waals surface area (Å²) in [7, 11) is 4.70. The summed E-state index contributed by atoms with van der Waals surface area (Å²) in [6, 6.07) is 8.29. The maximum absolute atomic E-state index is 13.2. The van der Waals surface area contributed by atoms with Crippen molar-refractivity contribution in [3.05, 3.63) is 59.2 Å². The molecule has 0 saturated carbocycles. The number of amides is 1. The highest BCUT2D eigenvalue weighted by Crippen LogP contribution is 2.27. The summed E-state index contributed by atoms with van der Waals surface area (Å²) in [6.07, 6.45) is 0.570. The Morgan fingerprint density at radius 3 is 2.21 bits per heavy atom. The molecule has 0 bridgehead atoms. The van der Waals surface area contributed by atoms with E-state index < -0.39 is 17.5 Å². The topological polar surface area (TPSA) is 38.8 Å². The maximum atomic E-state index is 13.2. The van der Waals surface area contributed by atoms with Crippen molar-refractivity contribution in [2.45, 2.75) is 6.42 Å². The lowest BCUT2D eigenvalue weighted by Gasteiger charge is -2.18. The van der Waals surface area contributed by atoms with Crippen LogP contribution >= 0.6 is 0 Å². The van der Waals surface area contributed by atoms with E-state index >= 15 is 0 Å². The first-order valence-electron chi connectivity index (χ1n) is 7.37. The normalized spacial score (nSPS) is 10.4. The zero-order valence-corrected chi connectivity index (χ0v) is 13.8. The Hall–Kier alpha value is -2.63. The molecule has 6 heteroatoms. The number of carbonyl (C=O) groups is 1. The van der Waals surface area contributed by atoms with Crippen LogP contribution in [-0.4, -0.2) is 38.6 Å². The fourth-order valence-corrected chi connectivity index (χ4v) is 2.33. The van der Waals surface area contributed by atoms with Crippen molar-refractivity contribution < 1.29 is 23.0 Å². The van der Waals surface area contributed by atoms with E-state index in [0.717, 1.165) is 23.8 Å². The number of benzene rings is 2. The molecule has 0 fully saturated rings. The first-order chi connectivity index (χ1) is 11.4. The van der Waals surface area contributed by atoms with Gasteiger partial charge in [-0.25, -0.2) is 8.78 Å². The summed E-state index contributed by atoms with van der Waals surface area (Å²) in [6.45, 7) is 0.395. The number of carbonyl (C=O) groups excluding carboxylic acids is 1. The number of methoxy groups -OCH3 is 2. The van der Waals surface area contributed by atoms with Gasteiger partial charge in [-0.05, 0) is 36.2 Å². The van der Waals surface area contributed by atoms with Crippen molar-refractivity contribution in [1.29, 1.82) is 0 Å². The van der Waals surface area contributed by atoms with Gasteiger partial charge in [-0.1, -0.05) is 6.07 Å². The number of likely N-dealkylation sites (N-methyl/N-ethyl adjacent to an activating group) is 1. The molecule has 0 saturated heterocycles. The molecule has 0 spiro atoms. The van der Waals surface area contributed by atoms with Crippen molar-refractivity contribution in [1.82, 2.24) is 4.90 Å². The lowest BCUT2D eigenvalue weighted by atomic mass is 10.1. The second kappa shape index (κ2) is 7.77. The van der Waals surface area contributed by atoms with Gasteiger partial charge >= 0.3 is 0 Å². The van der Waals surface area contributed by atoms with Crippen LogP contribution in [0.2, 0.25) is 0 Å². The second-order valence-electron chi connectivity index (χ2n) is 5.32. The van der Waals surface area contributed by atoms with Crippen LogP contribution < -0.4 is 9.47 Å². The Balaban J connectivity index is 2.04. The zero-order valence-electron chi connectivity index (χ0n) is 13.8. The van der Waals surface area contributed by atoms with Gasteiger partial charge < -0.3 is 14.4 Å². The van der Waals surface area contributed by atoms with Crippen molar-refractivity contribution in [2.75, 3.05) is 27.8 Å². The number of rotatable bonds is 6. The Kier molecular flexibility index (Phi) is 5.73. The Morgan fingerprint density at radius 1 is 1.00 bits per heavy atom. The second-order valence-corrected chi connectivity index (χ2v) is 5.32. The summed E-state index contributed by atoms with van der Waals surface area (Å²) in [4.78, 5) is 13.7. The summed E-state index contributed by atoms with van der Waals surface area (Å²) in [5.74, 6) is -0.746. The van der Waals surface area contributed by atoms with E-state index in [9.17, 15) is 13.6 Å². The molecule has 4 nitrogen and oxygen atoms in total. The van der Waals surface area contributed by atoms with Gasteiger partial charge in [0.25, 0.3) is 5.91 Å². The number of halogens is 2. The third kappa shape index (κ3) is 4.22. The van der Waals surface area contributed by atoms with Crippen molar-refractivity contribution in [3.8, 4) is 11.5 Å². The molecule has 2 aromatic carbocycles. The third-order valence-corrected chi connectivity index (χ3v) is 3.64. The predicted molar refractivity (Wildman–Crippen MR) is 86.6 cm³/mol. The summed E-state index contributed by atoms with van der Waals surface area (Å²) in [5, 5.41) is 0. The molecule has 1 amide bonds. The number of hydrogen-bond donors (Lipinski definition) is 0. The Bertz CT molecular complexity index is 714. The molecule has 128 valence electrons. The van der Waals surface area contributed by atoms with E-state index in [4.69, 9.17) is 9.47 Å². The van der Waals surface area contributed by atoms with Gasteiger partial charge in [0.15, 0.2) is 11.5 Å². The highest BCUT2D eigenvalue weighted by Gasteiger charge is 2.14. The molecule has 0 aliphatic carbocycles. The zero-order chi connectivity index (χ0) is 17.7. The molecule has 0 aliphatic heterocycles. The lowest BCUT2D eigenvalue weighted by Crippen LogP contribution is -2.29. The SMILES string of the molecule is COc1ccc(CCN(C)C(=O)c2cc(F)cc(F)c2)cc1OC. The number of ether oxygens (including phenoxy) is 2. The predicted octanol–water partition coefficient (Wildman–Crippen LogP) is 3.30. The molecule has 0 aromatic heterocycles. The molecule has 0 radical (unpaired) electrons. The first kappa shape index (κ1) is 17.7. The van der Waals surface area contributed by atoms with Gasteiger partial charge in [0.05, 0.1) is 14.2 Å². The molecule has 2 aromatic rings. The Labute approximate surface area is 139 Å². The maximum Gasteiger partial charge on any atom is 0.253 e. The fourth-order valence-electron chi connectivity index (χ4n) is 2.33. The van der Waals surface area contributed by atoms with E-state index in [2.05, 4.69) is 0 Å². The third-order valence-electron chi connectivity index (χ3n) is 3.64. The standard InChI is InChI=1S/C18H19F2NO3/c1-21(18(22)13-9-14(19)11-15(20)10-13)7-6-12-4-5-16(23-2)17(8-12)24-3/h4-5,8-11H,6-7H2,1-3H3. The van der Waals surface area contributed by atoms with Crippen LogP contribution in [0.15, 0.2) is 36.4 Å². The molecular weight excluding hydrogens is 316 g/mol. The first-order valence-corrected chi connectivity index (χ1v) is 7.37. The highest BCUT2D eigenvalue weighted by molar-refractivity contribution is 5.94. The minimum Gasteiger partial charge on any atom is -0.493 e. The summed E-state index contributed by atoms with van der Waals surface area (Å²) in [5.41, 5.74) is 0.944. The van der Waals surface area contributed by atoms with Gasteiger partial charge in [0.2, 0.25) is 0 Å². The minimum absolute atomic E-state index is 0.0117. The van der Waals surface area contributed by atoms with Crippen molar-refractivity contribution >= 4 is 5.91 Å². The quantitative estimate of drug-likeness (QED) is 0.813. The van der Waals surface area contributed by atoms with Gasteiger partial charge in [0.1, 0.15) is 11.6 Å².